The number of rotatable bonds is 3. The molecule has 3 nitrogen and oxygen atoms in total. The fourth-order valence-electron chi connectivity index (χ4n) is 2.38. The molecule has 4 heteroatoms. The molecular weight excluding hydrogens is 308 g/mol. The van der Waals surface area contributed by atoms with Crippen LogP contribution in [-0.4, -0.2) is 11.7 Å². The maximum atomic E-state index is 12.1. The van der Waals surface area contributed by atoms with Crippen LogP contribution < -0.4 is 5.32 Å². The van der Waals surface area contributed by atoms with Crippen molar-refractivity contribution in [2.45, 2.75) is 19.8 Å². The Bertz CT molecular complexity index is 804. The molecule has 116 valence electrons. The molecule has 0 aliphatic carbocycles. The van der Waals surface area contributed by atoms with Gasteiger partial charge in [0, 0.05) is 5.56 Å². The first-order valence-electron chi connectivity index (χ1n) is 7.51. The monoisotopic (exact) mass is 324 g/mol. The molecule has 1 aliphatic heterocycles. The van der Waals surface area contributed by atoms with Crippen molar-refractivity contribution in [2.24, 2.45) is 4.99 Å². The number of hydrogen-bond donors (Lipinski definition) is 1. The van der Waals surface area contributed by atoms with E-state index in [0.29, 0.717) is 22.5 Å². The van der Waals surface area contributed by atoms with E-state index in [4.69, 9.17) is 11.6 Å². The van der Waals surface area contributed by atoms with Gasteiger partial charge < -0.3 is 5.32 Å². The smallest absolute Gasteiger partial charge is 0.275 e. The number of carbonyl (C=O) groups is 1. The quantitative estimate of drug-likeness (QED) is 0.836. The van der Waals surface area contributed by atoms with E-state index in [0.717, 1.165) is 11.1 Å². The summed E-state index contributed by atoms with van der Waals surface area (Å²) in [7, 11) is 0. The summed E-state index contributed by atoms with van der Waals surface area (Å²) in [5, 5.41) is 3.33. The summed E-state index contributed by atoms with van der Waals surface area (Å²) in [5.41, 5.74) is 3.32. The van der Waals surface area contributed by atoms with Gasteiger partial charge in [0.05, 0.1) is 5.02 Å². The fourth-order valence-corrected chi connectivity index (χ4v) is 2.61. The number of halogens is 1. The molecule has 1 aliphatic rings. The van der Waals surface area contributed by atoms with Crippen molar-refractivity contribution in [3.63, 3.8) is 0 Å². The lowest BCUT2D eigenvalue weighted by Crippen LogP contribution is -2.24. The molecule has 1 N–H and O–H groups in total. The van der Waals surface area contributed by atoms with E-state index >= 15 is 0 Å². The van der Waals surface area contributed by atoms with Gasteiger partial charge in [0.2, 0.25) is 0 Å². The highest BCUT2D eigenvalue weighted by Crippen LogP contribution is 2.21. The highest BCUT2D eigenvalue weighted by molar-refractivity contribution is 6.35. The maximum Gasteiger partial charge on any atom is 0.275 e. The lowest BCUT2D eigenvalue weighted by molar-refractivity contribution is -0.115. The predicted octanol–water partition coefficient (Wildman–Crippen LogP) is 4.38. The third-order valence-electron chi connectivity index (χ3n) is 3.73. The minimum absolute atomic E-state index is 0.215. The van der Waals surface area contributed by atoms with Gasteiger partial charge in [-0.05, 0) is 35.3 Å². The summed E-state index contributed by atoms with van der Waals surface area (Å²) in [6.07, 6.45) is 1.78. The molecule has 3 rings (SSSR count). The van der Waals surface area contributed by atoms with Crippen molar-refractivity contribution in [1.29, 1.82) is 0 Å². The molecular formula is C19H17ClN2O. The Labute approximate surface area is 140 Å². The van der Waals surface area contributed by atoms with Gasteiger partial charge in [-0.25, -0.2) is 4.99 Å². The van der Waals surface area contributed by atoms with Gasteiger partial charge >= 0.3 is 0 Å². The number of hydrogen-bond acceptors (Lipinski definition) is 2. The predicted molar refractivity (Wildman–Crippen MR) is 94.6 cm³/mol. The topological polar surface area (TPSA) is 41.5 Å². The average molecular weight is 325 g/mol. The molecule has 23 heavy (non-hydrogen) atoms. The molecule has 0 saturated heterocycles. The summed E-state index contributed by atoms with van der Waals surface area (Å²) in [6, 6.07) is 15.5. The maximum absolute atomic E-state index is 12.1. The zero-order valence-electron chi connectivity index (χ0n) is 13.0. The number of aliphatic imine (C=N–C) groups is 1. The first-order valence-corrected chi connectivity index (χ1v) is 7.89. The number of benzene rings is 2. The SMILES string of the molecule is CC(C)c1ccc(/C=C2/N=C(c3ccccc3Cl)NC2=O)cc1. The van der Waals surface area contributed by atoms with Gasteiger partial charge in [0.25, 0.3) is 5.91 Å². The largest absolute Gasteiger partial charge is 0.305 e. The van der Waals surface area contributed by atoms with Crippen LogP contribution in [0.15, 0.2) is 59.2 Å². The summed E-state index contributed by atoms with van der Waals surface area (Å²) in [6.45, 7) is 4.30. The van der Waals surface area contributed by atoms with Crippen LogP contribution in [0.3, 0.4) is 0 Å². The Morgan fingerprint density at radius 3 is 2.43 bits per heavy atom. The molecule has 2 aromatic carbocycles. The molecule has 1 heterocycles. The second-order valence-corrected chi connectivity index (χ2v) is 6.15. The van der Waals surface area contributed by atoms with Crippen LogP contribution in [0.25, 0.3) is 6.08 Å². The van der Waals surface area contributed by atoms with Crippen molar-refractivity contribution in [3.8, 4) is 0 Å². The summed E-state index contributed by atoms with van der Waals surface area (Å²) >= 11 is 6.16. The molecule has 2 aromatic rings. The Hall–Kier alpha value is -2.39. The third kappa shape index (κ3) is 3.35. The molecule has 0 aromatic heterocycles. The normalized spacial score (nSPS) is 15.9. The third-order valence-corrected chi connectivity index (χ3v) is 4.06. The van der Waals surface area contributed by atoms with Gasteiger partial charge in [0.15, 0.2) is 0 Å². The summed E-state index contributed by atoms with van der Waals surface area (Å²) in [5.74, 6) is 0.759. The number of nitrogens with zero attached hydrogens (tertiary/aromatic N) is 1. The standard InChI is InChI=1S/C19H17ClN2O/c1-12(2)14-9-7-13(8-10-14)11-17-19(23)22-18(21-17)15-5-3-4-6-16(15)20/h3-12H,1-2H3,(H,21,22,23)/b17-11+. The first-order chi connectivity index (χ1) is 11.0. The van der Waals surface area contributed by atoms with Crippen LogP contribution in [0, 0.1) is 0 Å². The van der Waals surface area contributed by atoms with Crippen molar-refractivity contribution in [2.75, 3.05) is 0 Å². The van der Waals surface area contributed by atoms with Crippen LogP contribution in [0.1, 0.15) is 36.5 Å². The average Bonchev–Trinajstić information content (AvgIpc) is 2.89. The highest BCUT2D eigenvalue weighted by atomic mass is 35.5. The first kappa shape index (κ1) is 15.5. The van der Waals surface area contributed by atoms with Crippen LogP contribution >= 0.6 is 11.6 Å². The van der Waals surface area contributed by atoms with E-state index in [1.54, 1.807) is 12.1 Å². The molecule has 1 amide bonds. The fraction of sp³-hybridized carbons (Fsp3) is 0.158. The van der Waals surface area contributed by atoms with Crippen molar-refractivity contribution < 1.29 is 4.79 Å². The van der Waals surface area contributed by atoms with E-state index in [9.17, 15) is 4.79 Å². The zero-order valence-corrected chi connectivity index (χ0v) is 13.8. The van der Waals surface area contributed by atoms with Gasteiger partial charge in [0.1, 0.15) is 11.5 Å². The van der Waals surface area contributed by atoms with Crippen LogP contribution in [-0.2, 0) is 4.79 Å². The number of amides is 1. The molecule has 0 bridgehead atoms. The van der Waals surface area contributed by atoms with Crippen molar-refractivity contribution in [1.82, 2.24) is 5.32 Å². The van der Waals surface area contributed by atoms with E-state index in [1.807, 2.05) is 30.3 Å². The molecule has 0 spiro atoms. The minimum Gasteiger partial charge on any atom is -0.305 e. The van der Waals surface area contributed by atoms with E-state index in [2.05, 4.69) is 36.3 Å². The molecule has 0 fully saturated rings. The Balaban J connectivity index is 1.90. The molecule has 0 radical (unpaired) electrons. The highest BCUT2D eigenvalue weighted by Gasteiger charge is 2.22. The second kappa shape index (κ2) is 6.39. The van der Waals surface area contributed by atoms with Crippen LogP contribution in [0.2, 0.25) is 5.02 Å². The Morgan fingerprint density at radius 1 is 1.09 bits per heavy atom. The van der Waals surface area contributed by atoms with Gasteiger partial charge in [-0.15, -0.1) is 0 Å². The van der Waals surface area contributed by atoms with Crippen LogP contribution in [0.5, 0.6) is 0 Å². The summed E-state index contributed by atoms with van der Waals surface area (Å²) < 4.78 is 0. The lowest BCUT2D eigenvalue weighted by atomic mass is 10.0. The lowest BCUT2D eigenvalue weighted by Gasteiger charge is -2.04. The van der Waals surface area contributed by atoms with Gasteiger partial charge in [-0.3, -0.25) is 4.79 Å². The number of amidine groups is 1. The Kier molecular flexibility index (Phi) is 4.30. The van der Waals surface area contributed by atoms with Gasteiger partial charge in [-0.1, -0.05) is 61.8 Å². The molecule has 0 unspecified atom stereocenters. The van der Waals surface area contributed by atoms with Crippen LogP contribution in [0.4, 0.5) is 0 Å². The number of carbonyl (C=O) groups excluding carboxylic acids is 1. The van der Waals surface area contributed by atoms with Gasteiger partial charge in [-0.2, -0.15) is 0 Å². The number of nitrogens with one attached hydrogen (secondary N) is 1. The minimum atomic E-state index is -0.215. The van der Waals surface area contributed by atoms with E-state index in [1.165, 1.54) is 5.56 Å². The van der Waals surface area contributed by atoms with E-state index in [-0.39, 0.29) is 5.91 Å². The Morgan fingerprint density at radius 2 is 1.78 bits per heavy atom. The summed E-state index contributed by atoms with van der Waals surface area (Å²) in [4.78, 5) is 16.5. The molecule has 0 atom stereocenters. The van der Waals surface area contributed by atoms with Crippen molar-refractivity contribution >= 4 is 29.4 Å². The van der Waals surface area contributed by atoms with E-state index < -0.39 is 0 Å². The van der Waals surface area contributed by atoms with Crippen molar-refractivity contribution in [3.05, 3.63) is 75.9 Å². The zero-order chi connectivity index (χ0) is 16.4. The second-order valence-electron chi connectivity index (χ2n) is 5.75. The molecule has 0 saturated carbocycles.